The summed E-state index contributed by atoms with van der Waals surface area (Å²) in [6.07, 6.45) is 0. The van der Waals surface area contributed by atoms with E-state index in [1.807, 2.05) is 13.0 Å². The molecule has 1 aliphatic rings. The van der Waals surface area contributed by atoms with Crippen molar-refractivity contribution in [2.24, 2.45) is 0 Å². The SMILES string of the molecule is CC(=O)OCCN1COc2ccc(C)cc2C1=O. The van der Waals surface area contributed by atoms with Gasteiger partial charge < -0.3 is 14.4 Å². The number of esters is 1. The molecule has 0 bridgehead atoms. The van der Waals surface area contributed by atoms with Crippen molar-refractivity contribution in [1.82, 2.24) is 4.90 Å². The molecule has 0 aromatic heterocycles. The molecule has 1 heterocycles. The summed E-state index contributed by atoms with van der Waals surface area (Å²) in [5.74, 6) is 0.165. The zero-order valence-corrected chi connectivity index (χ0v) is 10.4. The monoisotopic (exact) mass is 249 g/mol. The number of carbonyl (C=O) groups excluding carboxylic acids is 2. The van der Waals surface area contributed by atoms with E-state index in [1.54, 1.807) is 12.1 Å². The van der Waals surface area contributed by atoms with Crippen LogP contribution in [0, 0.1) is 6.92 Å². The minimum absolute atomic E-state index is 0.0906. The molecule has 1 aromatic rings. The lowest BCUT2D eigenvalue weighted by molar-refractivity contribution is -0.141. The van der Waals surface area contributed by atoms with E-state index in [0.717, 1.165) is 5.56 Å². The molecule has 0 unspecified atom stereocenters. The van der Waals surface area contributed by atoms with Crippen LogP contribution < -0.4 is 4.74 Å². The van der Waals surface area contributed by atoms with Crippen LogP contribution in [-0.4, -0.2) is 36.7 Å². The van der Waals surface area contributed by atoms with Gasteiger partial charge >= 0.3 is 5.97 Å². The van der Waals surface area contributed by atoms with Crippen LogP contribution in [0.3, 0.4) is 0 Å². The quantitative estimate of drug-likeness (QED) is 0.759. The van der Waals surface area contributed by atoms with E-state index in [1.165, 1.54) is 11.8 Å². The predicted molar refractivity (Wildman–Crippen MR) is 64.3 cm³/mol. The molecule has 2 rings (SSSR count). The van der Waals surface area contributed by atoms with Crippen LogP contribution >= 0.6 is 0 Å². The summed E-state index contributed by atoms with van der Waals surface area (Å²) in [4.78, 5) is 24.3. The molecule has 5 heteroatoms. The molecule has 0 radical (unpaired) electrons. The molecule has 5 nitrogen and oxygen atoms in total. The number of hydrogen-bond acceptors (Lipinski definition) is 4. The first-order valence-electron chi connectivity index (χ1n) is 5.74. The van der Waals surface area contributed by atoms with Crippen molar-refractivity contribution < 1.29 is 19.1 Å². The summed E-state index contributed by atoms with van der Waals surface area (Å²) in [5, 5.41) is 0. The van der Waals surface area contributed by atoms with Gasteiger partial charge in [0.1, 0.15) is 12.4 Å². The second-order valence-corrected chi connectivity index (χ2v) is 4.18. The van der Waals surface area contributed by atoms with Crippen molar-refractivity contribution in [2.75, 3.05) is 19.9 Å². The molecule has 0 spiro atoms. The number of amides is 1. The number of rotatable bonds is 3. The van der Waals surface area contributed by atoms with Crippen molar-refractivity contribution in [2.45, 2.75) is 13.8 Å². The van der Waals surface area contributed by atoms with E-state index >= 15 is 0 Å². The standard InChI is InChI=1S/C13H15NO4/c1-9-3-4-12-11(7-9)13(16)14(8-18-12)5-6-17-10(2)15/h3-4,7H,5-6,8H2,1-2H3. The maximum absolute atomic E-state index is 12.2. The van der Waals surface area contributed by atoms with E-state index < -0.39 is 0 Å². The van der Waals surface area contributed by atoms with E-state index in [-0.39, 0.29) is 25.2 Å². The topological polar surface area (TPSA) is 55.8 Å². The molecule has 0 N–H and O–H groups in total. The predicted octanol–water partition coefficient (Wildman–Crippen LogP) is 1.35. The highest BCUT2D eigenvalue weighted by Gasteiger charge is 2.25. The third-order valence-corrected chi connectivity index (χ3v) is 2.70. The van der Waals surface area contributed by atoms with Crippen molar-refractivity contribution in [3.8, 4) is 5.75 Å². The lowest BCUT2D eigenvalue weighted by atomic mass is 10.1. The van der Waals surface area contributed by atoms with Gasteiger partial charge in [-0.15, -0.1) is 0 Å². The van der Waals surface area contributed by atoms with Gasteiger partial charge in [0.15, 0.2) is 6.73 Å². The van der Waals surface area contributed by atoms with Crippen molar-refractivity contribution >= 4 is 11.9 Å². The zero-order valence-electron chi connectivity index (χ0n) is 10.4. The Labute approximate surface area is 105 Å². The van der Waals surface area contributed by atoms with Crippen LogP contribution in [0.15, 0.2) is 18.2 Å². The summed E-state index contributed by atoms with van der Waals surface area (Å²) < 4.78 is 10.3. The van der Waals surface area contributed by atoms with Crippen molar-refractivity contribution in [3.05, 3.63) is 29.3 Å². The van der Waals surface area contributed by atoms with Crippen molar-refractivity contribution in [1.29, 1.82) is 0 Å². The molecule has 0 saturated heterocycles. The number of hydrogen-bond donors (Lipinski definition) is 0. The van der Waals surface area contributed by atoms with E-state index in [4.69, 9.17) is 9.47 Å². The molecule has 1 aromatic carbocycles. The van der Waals surface area contributed by atoms with Crippen molar-refractivity contribution in [3.63, 3.8) is 0 Å². The zero-order chi connectivity index (χ0) is 13.1. The first kappa shape index (κ1) is 12.4. The Morgan fingerprint density at radius 3 is 3.00 bits per heavy atom. The fraction of sp³-hybridized carbons (Fsp3) is 0.385. The molecule has 0 saturated carbocycles. The number of ether oxygens (including phenoxy) is 2. The van der Waals surface area contributed by atoms with E-state index in [2.05, 4.69) is 0 Å². The first-order valence-corrected chi connectivity index (χ1v) is 5.74. The second-order valence-electron chi connectivity index (χ2n) is 4.18. The van der Waals surface area contributed by atoms with Gasteiger partial charge in [0.05, 0.1) is 12.1 Å². The van der Waals surface area contributed by atoms with Crippen LogP contribution in [0.5, 0.6) is 5.75 Å². The summed E-state index contributed by atoms with van der Waals surface area (Å²) in [5.41, 5.74) is 1.57. The summed E-state index contributed by atoms with van der Waals surface area (Å²) >= 11 is 0. The average molecular weight is 249 g/mol. The van der Waals surface area contributed by atoms with Gasteiger partial charge in [0.25, 0.3) is 5.91 Å². The van der Waals surface area contributed by atoms with Crippen LogP contribution in [0.2, 0.25) is 0 Å². The summed E-state index contributed by atoms with van der Waals surface area (Å²) in [6, 6.07) is 5.50. The minimum Gasteiger partial charge on any atom is -0.472 e. The van der Waals surface area contributed by atoms with Crippen LogP contribution in [0.4, 0.5) is 0 Å². The lowest BCUT2D eigenvalue weighted by Gasteiger charge is -2.28. The Morgan fingerprint density at radius 1 is 1.50 bits per heavy atom. The van der Waals surface area contributed by atoms with Crippen LogP contribution in [0.25, 0.3) is 0 Å². The number of aryl methyl sites for hydroxylation is 1. The van der Waals surface area contributed by atoms with Gasteiger partial charge in [-0.1, -0.05) is 11.6 Å². The van der Waals surface area contributed by atoms with Gasteiger partial charge in [-0.05, 0) is 19.1 Å². The number of fused-ring (bicyclic) bond motifs is 1. The fourth-order valence-electron chi connectivity index (χ4n) is 1.78. The number of benzene rings is 1. The third-order valence-electron chi connectivity index (χ3n) is 2.70. The Balaban J connectivity index is 2.05. The smallest absolute Gasteiger partial charge is 0.302 e. The number of carbonyl (C=O) groups is 2. The Kier molecular flexibility index (Phi) is 3.50. The maximum Gasteiger partial charge on any atom is 0.302 e. The lowest BCUT2D eigenvalue weighted by Crippen LogP contribution is -2.40. The Hall–Kier alpha value is -2.04. The third kappa shape index (κ3) is 2.61. The molecule has 0 fully saturated rings. The maximum atomic E-state index is 12.2. The Morgan fingerprint density at radius 2 is 2.28 bits per heavy atom. The molecule has 96 valence electrons. The molecule has 1 aliphatic heterocycles. The van der Waals surface area contributed by atoms with Gasteiger partial charge in [-0.2, -0.15) is 0 Å². The first-order chi connectivity index (χ1) is 8.58. The van der Waals surface area contributed by atoms with Crippen LogP contribution in [-0.2, 0) is 9.53 Å². The molecular formula is C13H15NO4. The van der Waals surface area contributed by atoms with E-state index in [9.17, 15) is 9.59 Å². The largest absolute Gasteiger partial charge is 0.472 e. The Bertz CT molecular complexity index is 484. The molecule has 18 heavy (non-hydrogen) atoms. The number of nitrogens with zero attached hydrogens (tertiary/aromatic N) is 1. The molecule has 1 amide bonds. The highest BCUT2D eigenvalue weighted by Crippen LogP contribution is 2.25. The highest BCUT2D eigenvalue weighted by molar-refractivity contribution is 5.97. The normalized spacial score (nSPS) is 13.9. The van der Waals surface area contributed by atoms with Gasteiger partial charge in [0, 0.05) is 6.92 Å². The van der Waals surface area contributed by atoms with Crippen LogP contribution in [0.1, 0.15) is 22.8 Å². The molecule has 0 aliphatic carbocycles. The van der Waals surface area contributed by atoms with Gasteiger partial charge in [-0.3, -0.25) is 9.59 Å². The molecule has 0 atom stereocenters. The van der Waals surface area contributed by atoms with E-state index in [0.29, 0.717) is 17.9 Å². The highest BCUT2D eigenvalue weighted by atomic mass is 16.5. The summed E-state index contributed by atoms with van der Waals surface area (Å²) in [6.45, 7) is 3.98. The van der Waals surface area contributed by atoms with Gasteiger partial charge in [-0.25, -0.2) is 0 Å². The fourth-order valence-corrected chi connectivity index (χ4v) is 1.78. The molecular weight excluding hydrogens is 234 g/mol. The second kappa shape index (κ2) is 5.08. The summed E-state index contributed by atoms with van der Waals surface area (Å²) in [7, 11) is 0. The van der Waals surface area contributed by atoms with Gasteiger partial charge in [0.2, 0.25) is 0 Å². The average Bonchev–Trinajstić information content (AvgIpc) is 2.32. The minimum atomic E-state index is -0.350.